The van der Waals surface area contributed by atoms with Gasteiger partial charge in [-0.25, -0.2) is 0 Å². The zero-order chi connectivity index (χ0) is 14.5. The number of amides is 1. The largest absolute Gasteiger partial charge is 0.341 e. The van der Waals surface area contributed by atoms with Crippen molar-refractivity contribution >= 4 is 29.5 Å². The highest BCUT2D eigenvalue weighted by Gasteiger charge is 2.15. The minimum absolute atomic E-state index is 0.123. The zero-order valence-corrected chi connectivity index (χ0v) is 13.2. The number of carbonyl (C=O) groups excluding carboxylic acids is 1. The lowest BCUT2D eigenvalue weighted by atomic mass is 10.2. The van der Waals surface area contributed by atoms with E-state index in [0.29, 0.717) is 19.5 Å². The van der Waals surface area contributed by atoms with Crippen molar-refractivity contribution in [3.05, 3.63) is 44.6 Å². The number of carbonyl (C=O) groups is 1. The van der Waals surface area contributed by atoms with Gasteiger partial charge in [0.25, 0.3) is 0 Å². The van der Waals surface area contributed by atoms with Crippen LogP contribution < -0.4 is 0 Å². The average Bonchev–Trinajstić information content (AvgIpc) is 2.75. The van der Waals surface area contributed by atoms with Crippen LogP contribution in [0.5, 0.6) is 0 Å². The van der Waals surface area contributed by atoms with E-state index in [1.165, 1.54) is 11.3 Å². The summed E-state index contributed by atoms with van der Waals surface area (Å²) in [4.78, 5) is 22.3. The van der Waals surface area contributed by atoms with Crippen molar-refractivity contribution in [2.75, 3.05) is 6.54 Å². The standard InChI is InChI=1S/C14H17N3OS2/c1-3-17(9-11-4-6-15-7-5-11)13(18)8-12-10(2)16-14(19)20-12/h4-7H,3,8-9H2,1-2H3,(H,16,19). The van der Waals surface area contributed by atoms with Gasteiger partial charge in [0.15, 0.2) is 3.95 Å². The maximum atomic E-state index is 12.4. The SMILES string of the molecule is CCN(Cc1ccncc1)C(=O)Cc1sc(=S)[nH]c1C. The molecule has 0 aliphatic heterocycles. The van der Waals surface area contributed by atoms with Gasteiger partial charge in [0.05, 0.1) is 6.42 Å². The van der Waals surface area contributed by atoms with Gasteiger partial charge in [0, 0.05) is 36.1 Å². The summed E-state index contributed by atoms with van der Waals surface area (Å²) in [6.07, 6.45) is 3.90. The van der Waals surface area contributed by atoms with Crippen LogP contribution in [0.1, 0.15) is 23.1 Å². The number of aryl methyl sites for hydroxylation is 1. The third-order valence-electron chi connectivity index (χ3n) is 3.09. The molecule has 0 saturated carbocycles. The Kier molecular flexibility index (Phi) is 5.03. The second-order valence-electron chi connectivity index (χ2n) is 4.50. The Morgan fingerprint density at radius 3 is 2.70 bits per heavy atom. The summed E-state index contributed by atoms with van der Waals surface area (Å²) in [7, 11) is 0. The first kappa shape index (κ1) is 14.9. The molecule has 6 heteroatoms. The summed E-state index contributed by atoms with van der Waals surface area (Å²) in [6, 6.07) is 3.86. The lowest BCUT2D eigenvalue weighted by molar-refractivity contribution is -0.130. The molecule has 2 aromatic heterocycles. The summed E-state index contributed by atoms with van der Waals surface area (Å²) in [5, 5.41) is 0. The van der Waals surface area contributed by atoms with Crippen molar-refractivity contribution in [3.63, 3.8) is 0 Å². The highest BCUT2D eigenvalue weighted by atomic mass is 32.1. The molecule has 0 aliphatic carbocycles. The van der Waals surface area contributed by atoms with Crippen LogP contribution >= 0.6 is 23.6 Å². The van der Waals surface area contributed by atoms with Crippen molar-refractivity contribution in [2.24, 2.45) is 0 Å². The minimum Gasteiger partial charge on any atom is -0.341 e. The van der Waals surface area contributed by atoms with Crippen molar-refractivity contribution < 1.29 is 4.79 Å². The summed E-state index contributed by atoms with van der Waals surface area (Å²) in [5.74, 6) is 0.123. The van der Waals surface area contributed by atoms with Gasteiger partial charge in [-0.05, 0) is 43.8 Å². The molecule has 0 unspecified atom stereocenters. The number of H-pyrrole nitrogens is 1. The van der Waals surface area contributed by atoms with Crippen LogP contribution in [0.15, 0.2) is 24.5 Å². The lowest BCUT2D eigenvalue weighted by Gasteiger charge is -2.20. The molecule has 0 atom stereocenters. The number of aromatic nitrogens is 2. The normalized spacial score (nSPS) is 10.5. The molecule has 2 rings (SSSR count). The Bertz CT molecular complexity index is 633. The Morgan fingerprint density at radius 1 is 1.45 bits per heavy atom. The fourth-order valence-corrected chi connectivity index (χ4v) is 3.22. The third-order valence-corrected chi connectivity index (χ3v) is 4.43. The highest BCUT2D eigenvalue weighted by Crippen LogP contribution is 2.16. The Labute approximate surface area is 127 Å². The molecule has 0 saturated heterocycles. The van der Waals surface area contributed by atoms with Gasteiger partial charge in [-0.15, -0.1) is 11.3 Å². The van der Waals surface area contributed by atoms with Crippen molar-refractivity contribution in [3.8, 4) is 0 Å². The fraction of sp³-hybridized carbons (Fsp3) is 0.357. The first-order chi connectivity index (χ1) is 9.60. The molecule has 0 spiro atoms. The summed E-state index contributed by atoms with van der Waals surface area (Å²) >= 11 is 6.58. The molecule has 4 nitrogen and oxygen atoms in total. The Hall–Kier alpha value is -1.53. The molecule has 1 amide bonds. The molecule has 2 aromatic rings. The summed E-state index contributed by atoms with van der Waals surface area (Å²) < 4.78 is 0.725. The quantitative estimate of drug-likeness (QED) is 0.864. The molecule has 2 heterocycles. The number of nitrogens with one attached hydrogen (secondary N) is 1. The summed E-state index contributed by atoms with van der Waals surface area (Å²) in [6.45, 7) is 5.25. The van der Waals surface area contributed by atoms with Gasteiger partial charge < -0.3 is 9.88 Å². The van der Waals surface area contributed by atoms with E-state index in [4.69, 9.17) is 12.2 Å². The fourth-order valence-electron chi connectivity index (χ4n) is 1.94. The molecule has 0 fully saturated rings. The molecular formula is C14H17N3OS2. The van der Waals surface area contributed by atoms with Crippen LogP contribution in [0.25, 0.3) is 0 Å². The molecule has 0 aliphatic rings. The zero-order valence-electron chi connectivity index (χ0n) is 11.5. The van der Waals surface area contributed by atoms with E-state index in [1.807, 2.05) is 30.9 Å². The van der Waals surface area contributed by atoms with Crippen LogP contribution in [0.3, 0.4) is 0 Å². The smallest absolute Gasteiger partial charge is 0.228 e. The van der Waals surface area contributed by atoms with Crippen molar-refractivity contribution in [1.82, 2.24) is 14.9 Å². The third kappa shape index (κ3) is 3.74. The van der Waals surface area contributed by atoms with Crippen LogP contribution in [0.2, 0.25) is 0 Å². The molecule has 0 aromatic carbocycles. The summed E-state index contributed by atoms with van der Waals surface area (Å²) in [5.41, 5.74) is 2.09. The van der Waals surface area contributed by atoms with E-state index in [0.717, 1.165) is 20.1 Å². The second-order valence-corrected chi connectivity index (χ2v) is 6.27. The maximum absolute atomic E-state index is 12.4. The predicted octanol–water partition coefficient (Wildman–Crippen LogP) is 3.10. The first-order valence-corrected chi connectivity index (χ1v) is 7.68. The van der Waals surface area contributed by atoms with Gasteiger partial charge in [0.2, 0.25) is 5.91 Å². The lowest BCUT2D eigenvalue weighted by Crippen LogP contribution is -2.31. The predicted molar refractivity (Wildman–Crippen MR) is 83.3 cm³/mol. The van der Waals surface area contributed by atoms with E-state index < -0.39 is 0 Å². The molecule has 20 heavy (non-hydrogen) atoms. The van der Waals surface area contributed by atoms with Crippen LogP contribution in [-0.2, 0) is 17.8 Å². The average molecular weight is 307 g/mol. The number of hydrogen-bond acceptors (Lipinski definition) is 4. The Balaban J connectivity index is 2.06. The number of rotatable bonds is 5. The van der Waals surface area contributed by atoms with E-state index >= 15 is 0 Å². The highest BCUT2D eigenvalue weighted by molar-refractivity contribution is 7.73. The number of pyridine rings is 1. The van der Waals surface area contributed by atoms with Gasteiger partial charge in [-0.1, -0.05) is 0 Å². The van der Waals surface area contributed by atoms with E-state index in [9.17, 15) is 4.79 Å². The maximum Gasteiger partial charge on any atom is 0.228 e. The first-order valence-electron chi connectivity index (χ1n) is 6.45. The molecule has 1 N–H and O–H groups in total. The van der Waals surface area contributed by atoms with Crippen molar-refractivity contribution in [2.45, 2.75) is 26.8 Å². The number of hydrogen-bond donors (Lipinski definition) is 1. The van der Waals surface area contributed by atoms with Gasteiger partial charge >= 0.3 is 0 Å². The number of aromatic amines is 1. The van der Waals surface area contributed by atoms with Crippen LogP contribution in [0.4, 0.5) is 0 Å². The van der Waals surface area contributed by atoms with Crippen LogP contribution in [0, 0.1) is 10.9 Å². The molecule has 106 valence electrons. The number of likely N-dealkylation sites (N-methyl/N-ethyl adjacent to an activating group) is 1. The molecular weight excluding hydrogens is 290 g/mol. The van der Waals surface area contributed by atoms with E-state index in [2.05, 4.69) is 9.97 Å². The number of thiazole rings is 1. The monoisotopic (exact) mass is 307 g/mol. The molecule has 0 radical (unpaired) electrons. The van der Waals surface area contributed by atoms with Gasteiger partial charge in [0.1, 0.15) is 0 Å². The second kappa shape index (κ2) is 6.76. The topological polar surface area (TPSA) is 49.0 Å². The van der Waals surface area contributed by atoms with Crippen molar-refractivity contribution in [1.29, 1.82) is 0 Å². The Morgan fingerprint density at radius 2 is 2.15 bits per heavy atom. The molecule has 0 bridgehead atoms. The van der Waals surface area contributed by atoms with E-state index in [1.54, 1.807) is 12.4 Å². The minimum atomic E-state index is 0.123. The van der Waals surface area contributed by atoms with Crippen LogP contribution in [-0.4, -0.2) is 27.3 Å². The van der Waals surface area contributed by atoms with E-state index in [-0.39, 0.29) is 5.91 Å². The number of nitrogens with zero attached hydrogens (tertiary/aromatic N) is 2. The van der Waals surface area contributed by atoms with Gasteiger partial charge in [-0.3, -0.25) is 9.78 Å². The van der Waals surface area contributed by atoms with Gasteiger partial charge in [-0.2, -0.15) is 0 Å².